The van der Waals surface area contributed by atoms with Gasteiger partial charge >= 0.3 is 11.7 Å². The average molecular weight is 458 g/mol. The molecule has 0 radical (unpaired) electrons. The van der Waals surface area contributed by atoms with Crippen LogP contribution in [0.1, 0.15) is 47.3 Å². The Balaban J connectivity index is 1.98. The van der Waals surface area contributed by atoms with E-state index in [2.05, 4.69) is 20.9 Å². The summed E-state index contributed by atoms with van der Waals surface area (Å²) in [5, 5.41) is 0.116. The number of esters is 1. The monoisotopic (exact) mass is 457 g/mol. The Hall–Kier alpha value is -2.74. The van der Waals surface area contributed by atoms with Crippen LogP contribution >= 0.6 is 15.9 Å². The molecule has 0 N–H and O–H groups in total. The Morgan fingerprint density at radius 1 is 1.28 bits per heavy atom. The van der Waals surface area contributed by atoms with Gasteiger partial charge in [0.2, 0.25) is 0 Å². The molecule has 0 spiro atoms. The van der Waals surface area contributed by atoms with E-state index in [-0.39, 0.29) is 35.7 Å². The molecule has 0 atom stereocenters. The second-order valence-corrected chi connectivity index (χ2v) is 8.07. The van der Waals surface area contributed by atoms with Crippen LogP contribution in [0, 0.1) is 0 Å². The van der Waals surface area contributed by atoms with Gasteiger partial charge in [-0.3, -0.25) is 13.9 Å². The van der Waals surface area contributed by atoms with E-state index in [9.17, 15) is 14.4 Å². The van der Waals surface area contributed by atoms with Gasteiger partial charge in [-0.25, -0.2) is 14.6 Å². The topological polar surface area (TPSA) is 83.2 Å². The highest BCUT2D eigenvalue weighted by Crippen LogP contribution is 2.39. The molecule has 1 aromatic carbocycles. The van der Waals surface area contributed by atoms with Gasteiger partial charge in [-0.2, -0.15) is 0 Å². The highest BCUT2D eigenvalue weighted by Gasteiger charge is 2.29. The minimum Gasteiger partial charge on any atom is -0.462 e. The molecule has 3 aromatic rings. The Morgan fingerprint density at radius 3 is 2.69 bits per heavy atom. The van der Waals surface area contributed by atoms with Gasteiger partial charge < -0.3 is 4.74 Å². The SMILES string of the molecule is CCOC(=O)c1cc(C2CC2)nc2c1c(=O)n(Cc1cccc(Br)c1)c(=O)n2C. The van der Waals surface area contributed by atoms with Crippen molar-refractivity contribution in [2.75, 3.05) is 6.61 Å². The lowest BCUT2D eigenvalue weighted by molar-refractivity contribution is 0.0528. The number of hydrogen-bond acceptors (Lipinski definition) is 5. The molecule has 8 heteroatoms. The van der Waals surface area contributed by atoms with Crippen molar-refractivity contribution in [2.24, 2.45) is 7.05 Å². The van der Waals surface area contributed by atoms with Crippen molar-refractivity contribution >= 4 is 32.9 Å². The van der Waals surface area contributed by atoms with E-state index in [0.717, 1.165) is 33.1 Å². The van der Waals surface area contributed by atoms with Crippen LogP contribution < -0.4 is 11.2 Å². The second kappa shape index (κ2) is 7.59. The van der Waals surface area contributed by atoms with Gasteiger partial charge in [-0.1, -0.05) is 28.1 Å². The fraction of sp³-hybridized carbons (Fsp3) is 0.333. The van der Waals surface area contributed by atoms with Crippen molar-refractivity contribution in [3.63, 3.8) is 0 Å². The number of nitrogens with zero attached hydrogens (tertiary/aromatic N) is 3. The second-order valence-electron chi connectivity index (χ2n) is 7.15. The van der Waals surface area contributed by atoms with E-state index >= 15 is 0 Å². The first-order chi connectivity index (χ1) is 13.9. The van der Waals surface area contributed by atoms with Gasteiger partial charge in [0.05, 0.1) is 24.1 Å². The zero-order chi connectivity index (χ0) is 20.7. The van der Waals surface area contributed by atoms with Crippen LogP contribution in [-0.2, 0) is 18.3 Å². The third-order valence-corrected chi connectivity index (χ3v) is 5.53. The van der Waals surface area contributed by atoms with Crippen LogP contribution in [-0.4, -0.2) is 26.7 Å². The third-order valence-electron chi connectivity index (χ3n) is 5.04. The summed E-state index contributed by atoms with van der Waals surface area (Å²) in [7, 11) is 1.57. The molecule has 1 saturated carbocycles. The lowest BCUT2D eigenvalue weighted by Crippen LogP contribution is -2.40. The van der Waals surface area contributed by atoms with Crippen molar-refractivity contribution < 1.29 is 9.53 Å². The van der Waals surface area contributed by atoms with Crippen molar-refractivity contribution in [3.8, 4) is 0 Å². The fourth-order valence-electron chi connectivity index (χ4n) is 3.41. The van der Waals surface area contributed by atoms with E-state index in [1.54, 1.807) is 20.0 Å². The molecule has 0 aliphatic heterocycles. The molecule has 0 bridgehead atoms. The number of benzene rings is 1. The van der Waals surface area contributed by atoms with Crippen LogP contribution in [0.5, 0.6) is 0 Å². The highest BCUT2D eigenvalue weighted by molar-refractivity contribution is 9.10. The lowest BCUT2D eigenvalue weighted by atomic mass is 10.1. The molecule has 29 heavy (non-hydrogen) atoms. The number of fused-ring (bicyclic) bond motifs is 1. The number of pyridine rings is 1. The van der Waals surface area contributed by atoms with Crippen LogP contribution in [0.4, 0.5) is 0 Å². The van der Waals surface area contributed by atoms with Crippen molar-refractivity contribution in [3.05, 3.63) is 72.5 Å². The van der Waals surface area contributed by atoms with Crippen molar-refractivity contribution in [1.29, 1.82) is 0 Å². The zero-order valence-electron chi connectivity index (χ0n) is 16.1. The van der Waals surface area contributed by atoms with Crippen LogP contribution in [0.2, 0.25) is 0 Å². The van der Waals surface area contributed by atoms with Crippen LogP contribution in [0.3, 0.4) is 0 Å². The largest absolute Gasteiger partial charge is 0.462 e. The maximum absolute atomic E-state index is 13.3. The summed E-state index contributed by atoms with van der Waals surface area (Å²) in [6.45, 7) is 2.00. The molecule has 2 heterocycles. The molecule has 0 saturated heterocycles. The van der Waals surface area contributed by atoms with Crippen molar-refractivity contribution in [1.82, 2.24) is 14.1 Å². The summed E-state index contributed by atoms with van der Waals surface area (Å²) in [6, 6.07) is 9.03. The number of hydrogen-bond donors (Lipinski definition) is 0. The van der Waals surface area contributed by atoms with E-state index < -0.39 is 17.2 Å². The van der Waals surface area contributed by atoms with Gasteiger partial charge in [-0.15, -0.1) is 0 Å². The van der Waals surface area contributed by atoms with Crippen molar-refractivity contribution in [2.45, 2.75) is 32.2 Å². The first-order valence-electron chi connectivity index (χ1n) is 9.46. The zero-order valence-corrected chi connectivity index (χ0v) is 17.7. The number of halogens is 1. The molecule has 1 aliphatic rings. The van der Waals surface area contributed by atoms with Crippen LogP contribution in [0.25, 0.3) is 11.0 Å². The number of aryl methyl sites for hydroxylation is 1. The Morgan fingerprint density at radius 2 is 2.03 bits per heavy atom. The molecule has 0 unspecified atom stereocenters. The standard InChI is InChI=1S/C21H20BrN3O4/c1-3-29-20(27)15-10-16(13-7-8-13)23-18-17(15)19(26)25(21(28)24(18)2)11-12-5-4-6-14(22)9-12/h4-6,9-10,13H,3,7-8,11H2,1-2H3. The summed E-state index contributed by atoms with van der Waals surface area (Å²) in [5.74, 6) is -0.321. The maximum atomic E-state index is 13.3. The average Bonchev–Trinajstić information content (AvgIpc) is 3.54. The molecule has 1 aliphatic carbocycles. The van der Waals surface area contributed by atoms with E-state index in [0.29, 0.717) is 0 Å². The predicted octanol–water partition coefficient (Wildman–Crippen LogP) is 2.96. The molecular formula is C21H20BrN3O4. The lowest BCUT2D eigenvalue weighted by Gasteiger charge is -2.14. The van der Waals surface area contributed by atoms with Crippen LogP contribution in [0.15, 0.2) is 44.4 Å². The Bertz CT molecular complexity index is 1240. The minimum absolute atomic E-state index is 0.0908. The van der Waals surface area contributed by atoms with E-state index in [1.807, 2.05) is 24.3 Å². The van der Waals surface area contributed by atoms with Gasteiger partial charge in [0, 0.05) is 23.1 Å². The van der Waals surface area contributed by atoms with Gasteiger partial charge in [0.25, 0.3) is 5.56 Å². The summed E-state index contributed by atoms with van der Waals surface area (Å²) < 4.78 is 8.50. The summed E-state index contributed by atoms with van der Waals surface area (Å²) in [6.07, 6.45) is 1.96. The van der Waals surface area contributed by atoms with Gasteiger partial charge in [0.1, 0.15) is 5.65 Å². The summed E-state index contributed by atoms with van der Waals surface area (Å²) in [4.78, 5) is 43.4. The molecule has 150 valence electrons. The first kappa shape index (κ1) is 19.6. The summed E-state index contributed by atoms with van der Waals surface area (Å²) >= 11 is 3.40. The van der Waals surface area contributed by atoms with E-state index in [4.69, 9.17) is 4.74 Å². The summed E-state index contributed by atoms with van der Waals surface area (Å²) in [5.41, 5.74) is 0.886. The normalized spacial score (nSPS) is 13.6. The maximum Gasteiger partial charge on any atom is 0.339 e. The smallest absolute Gasteiger partial charge is 0.339 e. The number of carbonyl (C=O) groups excluding carboxylic acids is 1. The number of carbonyl (C=O) groups is 1. The Kier molecular flexibility index (Phi) is 5.12. The third kappa shape index (κ3) is 3.64. The molecule has 0 amide bonds. The van der Waals surface area contributed by atoms with Gasteiger partial charge in [-0.05, 0) is 43.5 Å². The number of aromatic nitrogens is 3. The number of ether oxygens (including phenoxy) is 1. The fourth-order valence-corrected chi connectivity index (χ4v) is 3.86. The quantitative estimate of drug-likeness (QED) is 0.549. The van der Waals surface area contributed by atoms with Gasteiger partial charge in [0.15, 0.2) is 0 Å². The minimum atomic E-state index is -0.577. The van der Waals surface area contributed by atoms with E-state index in [1.165, 1.54) is 4.57 Å². The first-order valence-corrected chi connectivity index (χ1v) is 10.3. The Labute approximate surface area is 175 Å². The highest BCUT2D eigenvalue weighted by atomic mass is 79.9. The molecule has 4 rings (SSSR count). The molecular weight excluding hydrogens is 438 g/mol. The molecule has 2 aromatic heterocycles. The molecule has 7 nitrogen and oxygen atoms in total. The molecule has 1 fully saturated rings. The predicted molar refractivity (Wildman–Crippen MR) is 112 cm³/mol. The number of rotatable bonds is 5.